The molecular weight excluding hydrogens is 264 g/mol. The van der Waals surface area contributed by atoms with E-state index in [4.69, 9.17) is 0 Å². The molecule has 1 N–H and O–H groups in total. The average molecular weight is 288 g/mol. The SMILES string of the molecule is CCC(C)NC(=O)C1CC1C(=O)N(C)Cc1ccccc1. The zero-order valence-corrected chi connectivity index (χ0v) is 13.0. The average Bonchev–Trinajstić information content (AvgIpc) is 3.27. The monoisotopic (exact) mass is 288 g/mol. The summed E-state index contributed by atoms with van der Waals surface area (Å²) in [6.07, 6.45) is 1.59. The molecule has 1 aliphatic rings. The number of benzene rings is 1. The van der Waals surface area contributed by atoms with E-state index in [1.54, 1.807) is 11.9 Å². The van der Waals surface area contributed by atoms with Crippen LogP contribution in [0.3, 0.4) is 0 Å². The van der Waals surface area contributed by atoms with E-state index in [9.17, 15) is 9.59 Å². The van der Waals surface area contributed by atoms with E-state index >= 15 is 0 Å². The van der Waals surface area contributed by atoms with Gasteiger partial charge in [-0.3, -0.25) is 9.59 Å². The largest absolute Gasteiger partial charge is 0.353 e. The summed E-state index contributed by atoms with van der Waals surface area (Å²) in [5.74, 6) is -0.175. The normalized spacial score (nSPS) is 21.5. The van der Waals surface area contributed by atoms with Crippen LogP contribution in [-0.4, -0.2) is 29.8 Å². The molecule has 1 aliphatic carbocycles. The van der Waals surface area contributed by atoms with Crippen molar-refractivity contribution in [3.05, 3.63) is 35.9 Å². The first-order chi connectivity index (χ1) is 10.0. The van der Waals surface area contributed by atoms with Crippen molar-refractivity contribution in [2.75, 3.05) is 7.05 Å². The van der Waals surface area contributed by atoms with Crippen molar-refractivity contribution in [3.8, 4) is 0 Å². The van der Waals surface area contributed by atoms with Crippen molar-refractivity contribution < 1.29 is 9.59 Å². The lowest BCUT2D eigenvalue weighted by Crippen LogP contribution is -2.35. The Hall–Kier alpha value is -1.84. The molecule has 21 heavy (non-hydrogen) atoms. The second-order valence-corrected chi connectivity index (χ2v) is 5.95. The van der Waals surface area contributed by atoms with E-state index in [1.165, 1.54) is 0 Å². The summed E-state index contributed by atoms with van der Waals surface area (Å²) in [7, 11) is 1.80. The molecule has 0 saturated heterocycles. The third-order valence-electron chi connectivity index (χ3n) is 4.08. The molecule has 1 aromatic carbocycles. The van der Waals surface area contributed by atoms with Gasteiger partial charge in [0.2, 0.25) is 11.8 Å². The molecule has 2 amide bonds. The summed E-state index contributed by atoms with van der Waals surface area (Å²) >= 11 is 0. The topological polar surface area (TPSA) is 49.4 Å². The van der Waals surface area contributed by atoms with Crippen LogP contribution in [0.1, 0.15) is 32.3 Å². The second kappa shape index (κ2) is 6.74. The van der Waals surface area contributed by atoms with Crippen LogP contribution >= 0.6 is 0 Å². The Bertz CT molecular complexity index is 501. The van der Waals surface area contributed by atoms with Gasteiger partial charge in [-0.15, -0.1) is 0 Å². The van der Waals surface area contributed by atoms with E-state index < -0.39 is 0 Å². The first-order valence-corrected chi connectivity index (χ1v) is 7.62. The van der Waals surface area contributed by atoms with Gasteiger partial charge in [0.05, 0.1) is 11.8 Å². The fourth-order valence-electron chi connectivity index (χ4n) is 2.43. The summed E-state index contributed by atoms with van der Waals surface area (Å²) < 4.78 is 0. The molecule has 1 fully saturated rings. The van der Waals surface area contributed by atoms with E-state index in [0.29, 0.717) is 13.0 Å². The number of hydrogen-bond donors (Lipinski definition) is 1. The zero-order valence-electron chi connectivity index (χ0n) is 13.0. The van der Waals surface area contributed by atoms with Crippen LogP contribution in [0.15, 0.2) is 30.3 Å². The van der Waals surface area contributed by atoms with Crippen LogP contribution in [-0.2, 0) is 16.1 Å². The molecule has 0 spiro atoms. The highest BCUT2D eigenvalue weighted by molar-refractivity contribution is 5.92. The van der Waals surface area contributed by atoms with Gasteiger partial charge in [0.1, 0.15) is 0 Å². The predicted molar refractivity (Wildman–Crippen MR) is 82.4 cm³/mol. The minimum Gasteiger partial charge on any atom is -0.353 e. The molecule has 0 aliphatic heterocycles. The molecule has 1 saturated carbocycles. The van der Waals surface area contributed by atoms with Crippen molar-refractivity contribution in [1.82, 2.24) is 10.2 Å². The van der Waals surface area contributed by atoms with Gasteiger partial charge >= 0.3 is 0 Å². The molecule has 0 radical (unpaired) electrons. The Morgan fingerprint density at radius 3 is 2.57 bits per heavy atom. The van der Waals surface area contributed by atoms with Crippen molar-refractivity contribution >= 4 is 11.8 Å². The van der Waals surface area contributed by atoms with Gasteiger partial charge in [0.25, 0.3) is 0 Å². The molecule has 0 bridgehead atoms. The minimum atomic E-state index is -0.136. The number of carbonyl (C=O) groups excluding carboxylic acids is 2. The van der Waals surface area contributed by atoms with Crippen molar-refractivity contribution in [2.24, 2.45) is 11.8 Å². The van der Waals surface area contributed by atoms with Crippen LogP contribution in [0, 0.1) is 11.8 Å². The molecule has 4 nitrogen and oxygen atoms in total. The van der Waals surface area contributed by atoms with Gasteiger partial charge in [0, 0.05) is 19.6 Å². The van der Waals surface area contributed by atoms with Gasteiger partial charge in [-0.2, -0.15) is 0 Å². The Kier molecular flexibility index (Phi) is 4.99. The maximum atomic E-state index is 12.3. The fraction of sp³-hybridized carbons (Fsp3) is 0.529. The summed E-state index contributed by atoms with van der Waals surface area (Å²) in [6.45, 7) is 4.61. The van der Waals surface area contributed by atoms with Crippen LogP contribution in [0.25, 0.3) is 0 Å². The predicted octanol–water partition coefficient (Wildman–Crippen LogP) is 2.20. The first-order valence-electron chi connectivity index (χ1n) is 7.62. The molecule has 1 aromatic rings. The van der Waals surface area contributed by atoms with Crippen molar-refractivity contribution in [1.29, 1.82) is 0 Å². The lowest BCUT2D eigenvalue weighted by Gasteiger charge is -2.17. The highest BCUT2D eigenvalue weighted by atomic mass is 16.2. The number of nitrogens with one attached hydrogen (secondary N) is 1. The highest BCUT2D eigenvalue weighted by Gasteiger charge is 2.49. The van der Waals surface area contributed by atoms with Crippen LogP contribution in [0.2, 0.25) is 0 Å². The maximum absolute atomic E-state index is 12.3. The molecule has 2 rings (SSSR count). The van der Waals surface area contributed by atoms with Gasteiger partial charge in [0.15, 0.2) is 0 Å². The van der Waals surface area contributed by atoms with Crippen molar-refractivity contribution in [2.45, 2.75) is 39.3 Å². The molecular formula is C17H24N2O2. The Morgan fingerprint density at radius 1 is 1.29 bits per heavy atom. The number of nitrogens with zero attached hydrogens (tertiary/aromatic N) is 1. The number of carbonyl (C=O) groups is 2. The standard InChI is InChI=1S/C17H24N2O2/c1-4-12(2)18-16(20)14-10-15(14)17(21)19(3)11-13-8-6-5-7-9-13/h5-9,12,14-15H,4,10-11H2,1-3H3,(H,18,20). The van der Waals surface area contributed by atoms with Crippen molar-refractivity contribution in [3.63, 3.8) is 0 Å². The molecule has 3 unspecified atom stereocenters. The van der Waals surface area contributed by atoms with Crippen LogP contribution < -0.4 is 5.32 Å². The van der Waals surface area contributed by atoms with E-state index in [-0.39, 0.29) is 29.7 Å². The van der Waals surface area contributed by atoms with Gasteiger partial charge in [-0.05, 0) is 25.3 Å². The molecule has 3 atom stereocenters. The van der Waals surface area contributed by atoms with Gasteiger partial charge in [-0.25, -0.2) is 0 Å². The lowest BCUT2D eigenvalue weighted by molar-refractivity contribution is -0.134. The van der Waals surface area contributed by atoms with E-state index in [0.717, 1.165) is 12.0 Å². The summed E-state index contributed by atoms with van der Waals surface area (Å²) in [5, 5.41) is 2.96. The summed E-state index contributed by atoms with van der Waals surface area (Å²) in [5.41, 5.74) is 1.11. The molecule has 4 heteroatoms. The molecule has 114 valence electrons. The first kappa shape index (κ1) is 15.5. The maximum Gasteiger partial charge on any atom is 0.226 e. The molecule has 0 aromatic heterocycles. The number of rotatable bonds is 6. The van der Waals surface area contributed by atoms with E-state index in [1.807, 2.05) is 44.2 Å². The quantitative estimate of drug-likeness (QED) is 0.872. The third-order valence-corrected chi connectivity index (χ3v) is 4.08. The highest BCUT2D eigenvalue weighted by Crippen LogP contribution is 2.40. The second-order valence-electron chi connectivity index (χ2n) is 5.95. The Balaban J connectivity index is 1.83. The van der Waals surface area contributed by atoms with Gasteiger partial charge in [-0.1, -0.05) is 37.3 Å². The minimum absolute atomic E-state index is 0.0239. The smallest absolute Gasteiger partial charge is 0.226 e. The third kappa shape index (κ3) is 4.06. The zero-order chi connectivity index (χ0) is 15.4. The lowest BCUT2D eigenvalue weighted by atomic mass is 10.2. The van der Waals surface area contributed by atoms with Crippen LogP contribution in [0.4, 0.5) is 0 Å². The van der Waals surface area contributed by atoms with E-state index in [2.05, 4.69) is 5.32 Å². The summed E-state index contributed by atoms with van der Waals surface area (Å²) in [4.78, 5) is 26.0. The Labute approximate surface area is 126 Å². The number of hydrogen-bond acceptors (Lipinski definition) is 2. The van der Waals surface area contributed by atoms with Gasteiger partial charge < -0.3 is 10.2 Å². The number of amides is 2. The Morgan fingerprint density at radius 2 is 1.95 bits per heavy atom. The molecule has 0 heterocycles. The fourth-order valence-corrected chi connectivity index (χ4v) is 2.43. The summed E-state index contributed by atoms with van der Waals surface area (Å²) in [6, 6.07) is 10.1. The van der Waals surface area contributed by atoms with Crippen LogP contribution in [0.5, 0.6) is 0 Å².